The predicted octanol–water partition coefficient (Wildman–Crippen LogP) is 3.71. The van der Waals surface area contributed by atoms with E-state index in [0.717, 1.165) is 0 Å². The van der Waals surface area contributed by atoms with E-state index in [1.54, 1.807) is 0 Å². The Hall–Kier alpha value is -1.74. The molecule has 2 aromatic rings. The Kier molecular flexibility index (Phi) is 3.78. The molecule has 1 heterocycles. The van der Waals surface area contributed by atoms with Crippen molar-refractivity contribution in [2.75, 3.05) is 9.13 Å². The maximum atomic E-state index is 2.52. The monoisotopic (exact) mass is 280 g/mol. The van der Waals surface area contributed by atoms with Gasteiger partial charge in [-0.15, -0.1) is 0 Å². The topological polar surface area (TPSA) is 6.48 Å². The highest BCUT2D eigenvalue weighted by molar-refractivity contribution is 6.47. The van der Waals surface area contributed by atoms with Gasteiger partial charge in [-0.05, 0) is 44.5 Å². The third kappa shape index (κ3) is 2.59. The number of anilines is 2. The third-order valence-electron chi connectivity index (χ3n) is 3.85. The molecule has 1 fully saturated rings. The Morgan fingerprint density at radius 1 is 0.750 bits per heavy atom. The molecule has 0 bridgehead atoms. The molecule has 2 aromatic carbocycles. The van der Waals surface area contributed by atoms with Crippen LogP contribution < -0.4 is 9.13 Å². The predicted molar refractivity (Wildman–Crippen MR) is 87.1 cm³/mol. The van der Waals surface area contributed by atoms with Crippen molar-refractivity contribution in [1.29, 1.82) is 0 Å². The molecule has 3 heteroatoms. The van der Waals surface area contributed by atoms with Crippen LogP contribution in [0.1, 0.15) is 20.3 Å². The summed E-state index contributed by atoms with van der Waals surface area (Å²) in [6.45, 7) is 4.66. The minimum absolute atomic E-state index is 0.589. The third-order valence-corrected chi connectivity index (χ3v) is 5.68. The summed E-state index contributed by atoms with van der Waals surface area (Å²) in [4.78, 5) is 0. The minimum atomic E-state index is 0.589. The molecule has 0 aliphatic carbocycles. The van der Waals surface area contributed by atoms with Crippen molar-refractivity contribution in [3.8, 4) is 0 Å². The van der Waals surface area contributed by atoms with Gasteiger partial charge in [-0.3, -0.25) is 0 Å². The fourth-order valence-corrected chi connectivity index (χ4v) is 4.19. The van der Waals surface area contributed by atoms with Crippen molar-refractivity contribution >= 4 is 21.2 Å². The zero-order valence-corrected chi connectivity index (χ0v) is 13.0. The summed E-state index contributed by atoms with van der Waals surface area (Å²) in [6.07, 6.45) is 1.19. The van der Waals surface area contributed by atoms with Crippen LogP contribution in [0.3, 0.4) is 0 Å². The van der Waals surface area contributed by atoms with Gasteiger partial charge in [0.05, 0.1) is 0 Å². The Bertz CT molecular complexity index is 494. The average Bonchev–Trinajstić information content (AvgIpc) is 2.49. The average molecular weight is 280 g/mol. The number of hydrogen-bond donors (Lipinski definition) is 0. The molecule has 0 spiro atoms. The first-order valence-electron chi connectivity index (χ1n) is 7.20. The van der Waals surface area contributed by atoms with Crippen LogP contribution in [0.2, 0.25) is 0 Å². The summed E-state index contributed by atoms with van der Waals surface area (Å²) in [5.41, 5.74) is 2.65. The zero-order valence-electron chi connectivity index (χ0n) is 12.0. The summed E-state index contributed by atoms with van der Waals surface area (Å²) in [6, 6.07) is 22.7. The Morgan fingerprint density at radius 2 is 1.15 bits per heavy atom. The van der Waals surface area contributed by atoms with Crippen molar-refractivity contribution in [1.82, 2.24) is 0 Å². The number of benzene rings is 2. The summed E-state index contributed by atoms with van der Waals surface area (Å²) in [7, 11) is 0.666. The van der Waals surface area contributed by atoms with Gasteiger partial charge in [0.25, 0.3) is 0 Å². The molecular weight excluding hydrogens is 260 g/mol. The minimum Gasteiger partial charge on any atom is -0.378 e. The summed E-state index contributed by atoms with van der Waals surface area (Å²) < 4.78 is 5.04. The van der Waals surface area contributed by atoms with E-state index >= 15 is 0 Å². The molecular formula is C17H20N2Si. The number of rotatable bonds is 2. The van der Waals surface area contributed by atoms with E-state index in [2.05, 4.69) is 83.6 Å². The number of hydrogen-bond acceptors (Lipinski definition) is 2. The fourth-order valence-electron chi connectivity index (χ4n) is 2.82. The molecule has 2 atom stereocenters. The smallest absolute Gasteiger partial charge is 0.333 e. The van der Waals surface area contributed by atoms with Gasteiger partial charge >= 0.3 is 9.84 Å². The molecule has 2 unspecified atom stereocenters. The molecule has 1 aliphatic heterocycles. The van der Waals surface area contributed by atoms with E-state index in [0.29, 0.717) is 21.9 Å². The van der Waals surface area contributed by atoms with Crippen molar-refractivity contribution in [2.24, 2.45) is 0 Å². The van der Waals surface area contributed by atoms with Crippen LogP contribution in [0.15, 0.2) is 60.7 Å². The summed E-state index contributed by atoms with van der Waals surface area (Å²) >= 11 is 0. The molecule has 2 nitrogen and oxygen atoms in total. The van der Waals surface area contributed by atoms with Crippen LogP contribution in [-0.2, 0) is 0 Å². The van der Waals surface area contributed by atoms with Gasteiger partial charge in [0.1, 0.15) is 0 Å². The summed E-state index contributed by atoms with van der Waals surface area (Å²) in [5.74, 6) is 0. The van der Waals surface area contributed by atoms with Gasteiger partial charge < -0.3 is 9.13 Å². The van der Waals surface area contributed by atoms with Crippen molar-refractivity contribution in [3.05, 3.63) is 60.7 Å². The fraction of sp³-hybridized carbons (Fsp3) is 0.294. The molecule has 0 N–H and O–H groups in total. The maximum absolute atomic E-state index is 2.52. The van der Waals surface area contributed by atoms with E-state index in [1.807, 2.05) is 0 Å². The van der Waals surface area contributed by atoms with E-state index < -0.39 is 0 Å². The molecule has 0 aromatic heterocycles. The number of para-hydroxylation sites is 2. The molecule has 1 aliphatic rings. The van der Waals surface area contributed by atoms with Crippen LogP contribution in [0.4, 0.5) is 11.4 Å². The quantitative estimate of drug-likeness (QED) is 0.774. The molecule has 0 amide bonds. The lowest BCUT2D eigenvalue weighted by molar-refractivity contribution is 0.551. The standard InChI is InChI=1S/C17H20N2Si/c1-14-13-15(2)19(17-11-7-4-8-12-17)20-18(14)16-9-5-3-6-10-16/h3-12,14-15H,13H2,1-2H3. The van der Waals surface area contributed by atoms with Gasteiger partial charge in [0, 0.05) is 23.5 Å². The highest BCUT2D eigenvalue weighted by atomic mass is 28.2. The van der Waals surface area contributed by atoms with Crippen molar-refractivity contribution < 1.29 is 0 Å². The Morgan fingerprint density at radius 3 is 1.55 bits per heavy atom. The first kappa shape index (κ1) is 13.2. The summed E-state index contributed by atoms with van der Waals surface area (Å²) in [5, 5.41) is 0. The lowest BCUT2D eigenvalue weighted by atomic mass is 10.1. The van der Waals surface area contributed by atoms with Gasteiger partial charge in [0.15, 0.2) is 0 Å². The highest BCUT2D eigenvalue weighted by Crippen LogP contribution is 2.28. The van der Waals surface area contributed by atoms with Crippen LogP contribution in [0, 0.1) is 0 Å². The normalized spacial score (nSPS) is 22.9. The number of nitrogens with zero attached hydrogens (tertiary/aromatic N) is 2. The van der Waals surface area contributed by atoms with Crippen LogP contribution in [-0.4, -0.2) is 21.9 Å². The van der Waals surface area contributed by atoms with Crippen molar-refractivity contribution in [3.63, 3.8) is 0 Å². The van der Waals surface area contributed by atoms with Gasteiger partial charge in [-0.2, -0.15) is 0 Å². The van der Waals surface area contributed by atoms with Crippen LogP contribution in [0.5, 0.6) is 0 Å². The molecule has 3 rings (SSSR count). The van der Waals surface area contributed by atoms with Gasteiger partial charge in [-0.1, -0.05) is 36.4 Å². The largest absolute Gasteiger partial charge is 0.378 e. The van der Waals surface area contributed by atoms with E-state index in [-0.39, 0.29) is 0 Å². The first-order chi connectivity index (χ1) is 9.75. The SMILES string of the molecule is CC1CC(C)N(c2ccccc2)[Si]N1c1ccccc1. The van der Waals surface area contributed by atoms with Crippen molar-refractivity contribution in [2.45, 2.75) is 32.4 Å². The lowest BCUT2D eigenvalue weighted by Gasteiger charge is -2.45. The Labute approximate surface area is 124 Å². The van der Waals surface area contributed by atoms with E-state index in [4.69, 9.17) is 0 Å². The zero-order chi connectivity index (χ0) is 13.9. The molecule has 1 saturated heterocycles. The second kappa shape index (κ2) is 5.71. The van der Waals surface area contributed by atoms with E-state index in [1.165, 1.54) is 17.8 Å². The molecule has 20 heavy (non-hydrogen) atoms. The molecule has 2 radical (unpaired) electrons. The second-order valence-corrected chi connectivity index (χ2v) is 6.61. The Balaban J connectivity index is 1.87. The molecule has 102 valence electrons. The van der Waals surface area contributed by atoms with Gasteiger partial charge in [-0.25, -0.2) is 0 Å². The first-order valence-corrected chi connectivity index (χ1v) is 8.10. The second-order valence-electron chi connectivity index (χ2n) is 5.44. The lowest BCUT2D eigenvalue weighted by Crippen LogP contribution is -2.56. The highest BCUT2D eigenvalue weighted by Gasteiger charge is 2.30. The maximum Gasteiger partial charge on any atom is 0.333 e. The van der Waals surface area contributed by atoms with Crippen LogP contribution in [0.25, 0.3) is 0 Å². The van der Waals surface area contributed by atoms with Gasteiger partial charge in [0.2, 0.25) is 0 Å². The molecule has 0 saturated carbocycles. The van der Waals surface area contributed by atoms with Crippen LogP contribution >= 0.6 is 0 Å². The van der Waals surface area contributed by atoms with E-state index in [9.17, 15) is 0 Å².